The Balaban J connectivity index is 1.63. The van der Waals surface area contributed by atoms with Crippen LogP contribution in [-0.4, -0.2) is 23.4 Å². The average Bonchev–Trinajstić information content (AvgIpc) is 2.88. The van der Waals surface area contributed by atoms with Gasteiger partial charge in [0.1, 0.15) is 5.54 Å². The van der Waals surface area contributed by atoms with E-state index in [9.17, 15) is 0 Å². The van der Waals surface area contributed by atoms with Gasteiger partial charge in [-0.15, -0.1) is 0 Å². The van der Waals surface area contributed by atoms with E-state index < -0.39 is 0 Å². The number of hydrogen-bond donors (Lipinski definition) is 1. The van der Waals surface area contributed by atoms with Crippen LogP contribution >= 0.6 is 15.9 Å². The number of nitrogens with two attached hydrogens (primary N) is 1. The SMILES string of the molecule is CN1C(N)=NC23c4cc(Br)ccc4CC24CCc2ccccc2CC143. The van der Waals surface area contributed by atoms with Gasteiger partial charge in [-0.1, -0.05) is 46.3 Å². The minimum absolute atomic E-state index is 0.00444. The van der Waals surface area contributed by atoms with Crippen molar-refractivity contribution in [3.8, 4) is 0 Å². The standard InChI is InChI=1S/C21H20BrN3/c1-25-18(23)24-21-17-10-16(22)7-6-15(17)11-19(21)9-8-13-4-2-3-5-14(13)12-20(19,21)25/h2-7,10H,8-9,11-12H2,1H3,(H2,23,24). The summed E-state index contributed by atoms with van der Waals surface area (Å²) in [7, 11) is 2.15. The summed E-state index contributed by atoms with van der Waals surface area (Å²) >= 11 is 3.68. The van der Waals surface area contributed by atoms with Crippen molar-refractivity contribution in [2.75, 3.05) is 7.05 Å². The number of aryl methyl sites for hydroxylation is 1. The third-order valence-electron chi connectivity index (χ3n) is 7.56. The molecule has 2 aromatic rings. The highest BCUT2D eigenvalue weighted by molar-refractivity contribution is 9.10. The summed E-state index contributed by atoms with van der Waals surface area (Å²) in [4.78, 5) is 7.46. The van der Waals surface area contributed by atoms with Crippen LogP contribution in [-0.2, 0) is 24.8 Å². The van der Waals surface area contributed by atoms with Gasteiger partial charge in [-0.25, -0.2) is 4.99 Å². The molecule has 0 bridgehead atoms. The number of likely N-dealkylation sites (N-methyl/N-ethyl adjacent to an activating group) is 1. The maximum atomic E-state index is 6.38. The van der Waals surface area contributed by atoms with Crippen LogP contribution in [0.5, 0.6) is 0 Å². The number of nitrogens with zero attached hydrogens (tertiary/aromatic N) is 2. The number of aliphatic imine (C=N–C) groups is 1. The van der Waals surface area contributed by atoms with E-state index in [1.54, 1.807) is 0 Å². The number of fused-ring (bicyclic) bond motifs is 2. The molecule has 4 heteroatoms. The van der Waals surface area contributed by atoms with Crippen molar-refractivity contribution >= 4 is 21.9 Å². The van der Waals surface area contributed by atoms with Gasteiger partial charge in [-0.2, -0.15) is 0 Å². The molecule has 1 heterocycles. The highest BCUT2D eigenvalue weighted by Gasteiger charge is 2.93. The van der Waals surface area contributed by atoms with Crippen LogP contribution in [0.2, 0.25) is 0 Å². The molecule has 126 valence electrons. The predicted octanol–water partition coefficient (Wildman–Crippen LogP) is 3.39. The average molecular weight is 394 g/mol. The van der Waals surface area contributed by atoms with Crippen molar-refractivity contribution in [3.63, 3.8) is 0 Å². The second-order valence-corrected chi connectivity index (χ2v) is 9.02. The minimum Gasteiger partial charge on any atom is -0.370 e. The molecular formula is C21H20BrN3. The van der Waals surface area contributed by atoms with Gasteiger partial charge >= 0.3 is 0 Å². The first-order chi connectivity index (χ1) is 12.1. The summed E-state index contributed by atoms with van der Waals surface area (Å²) in [6.45, 7) is 0. The Morgan fingerprint density at radius 1 is 1.08 bits per heavy atom. The van der Waals surface area contributed by atoms with E-state index in [0.717, 1.165) is 23.7 Å². The monoisotopic (exact) mass is 393 g/mol. The van der Waals surface area contributed by atoms with Crippen LogP contribution in [0.1, 0.15) is 28.7 Å². The van der Waals surface area contributed by atoms with Crippen molar-refractivity contribution in [2.45, 2.75) is 36.8 Å². The lowest BCUT2D eigenvalue weighted by molar-refractivity contribution is 0.245. The van der Waals surface area contributed by atoms with Crippen LogP contribution in [0.15, 0.2) is 51.9 Å². The normalized spacial score (nSPS) is 36.6. The highest BCUT2D eigenvalue weighted by Crippen LogP contribution is 2.85. The molecule has 0 radical (unpaired) electrons. The van der Waals surface area contributed by atoms with E-state index in [4.69, 9.17) is 10.7 Å². The van der Waals surface area contributed by atoms with E-state index in [0.29, 0.717) is 5.96 Å². The Kier molecular flexibility index (Phi) is 2.37. The Labute approximate surface area is 156 Å². The molecule has 1 aliphatic heterocycles. The first-order valence-electron chi connectivity index (χ1n) is 9.01. The fourth-order valence-electron chi connectivity index (χ4n) is 6.60. The molecule has 25 heavy (non-hydrogen) atoms. The van der Waals surface area contributed by atoms with Crippen LogP contribution in [0.25, 0.3) is 0 Å². The zero-order valence-electron chi connectivity index (χ0n) is 14.2. The van der Waals surface area contributed by atoms with Crippen LogP contribution < -0.4 is 5.73 Å². The zero-order chi connectivity index (χ0) is 17.0. The van der Waals surface area contributed by atoms with Gasteiger partial charge in [0.25, 0.3) is 0 Å². The molecule has 0 aromatic heterocycles. The predicted molar refractivity (Wildman–Crippen MR) is 103 cm³/mol. The number of guanidine groups is 1. The fraction of sp³-hybridized carbons (Fsp3) is 0.381. The molecule has 3 atom stereocenters. The number of halogens is 1. The molecule has 3 spiro atoms. The van der Waals surface area contributed by atoms with E-state index in [2.05, 4.69) is 70.3 Å². The largest absolute Gasteiger partial charge is 0.370 e. The van der Waals surface area contributed by atoms with Gasteiger partial charge in [-0.3, -0.25) is 0 Å². The lowest BCUT2D eigenvalue weighted by Gasteiger charge is -2.32. The molecule has 2 aromatic carbocycles. The molecule has 3 nitrogen and oxygen atoms in total. The Hall–Kier alpha value is -1.81. The summed E-state index contributed by atoms with van der Waals surface area (Å²) in [5.74, 6) is 0.697. The number of hydrogen-bond acceptors (Lipinski definition) is 3. The third-order valence-corrected chi connectivity index (χ3v) is 8.05. The lowest BCUT2D eigenvalue weighted by atomic mass is 9.86. The Morgan fingerprint density at radius 2 is 1.88 bits per heavy atom. The number of rotatable bonds is 0. The van der Waals surface area contributed by atoms with Gasteiger partial charge < -0.3 is 10.6 Å². The molecule has 0 saturated heterocycles. The topological polar surface area (TPSA) is 41.6 Å². The molecule has 1 fully saturated rings. The molecule has 3 unspecified atom stereocenters. The minimum atomic E-state index is -0.161. The molecule has 1 saturated carbocycles. The van der Waals surface area contributed by atoms with Crippen LogP contribution in [0, 0.1) is 5.41 Å². The highest BCUT2D eigenvalue weighted by atomic mass is 79.9. The van der Waals surface area contributed by atoms with Crippen molar-refractivity contribution < 1.29 is 0 Å². The van der Waals surface area contributed by atoms with E-state index >= 15 is 0 Å². The summed E-state index contributed by atoms with van der Waals surface area (Å²) in [5.41, 5.74) is 12.2. The summed E-state index contributed by atoms with van der Waals surface area (Å²) in [5, 5.41) is 0. The van der Waals surface area contributed by atoms with E-state index in [1.165, 1.54) is 28.7 Å². The van der Waals surface area contributed by atoms with Gasteiger partial charge in [0, 0.05) is 16.9 Å². The van der Waals surface area contributed by atoms with Crippen molar-refractivity contribution in [1.29, 1.82) is 0 Å². The lowest BCUT2D eigenvalue weighted by Crippen LogP contribution is -2.47. The first-order valence-corrected chi connectivity index (χ1v) is 9.80. The summed E-state index contributed by atoms with van der Waals surface area (Å²) < 4.78 is 1.14. The quantitative estimate of drug-likeness (QED) is 0.745. The van der Waals surface area contributed by atoms with Gasteiger partial charge in [0.15, 0.2) is 5.96 Å². The molecule has 6 rings (SSSR count). The maximum absolute atomic E-state index is 6.38. The van der Waals surface area contributed by atoms with Gasteiger partial charge in [0.05, 0.1) is 5.54 Å². The summed E-state index contributed by atoms with van der Waals surface area (Å²) in [6, 6.07) is 15.7. The fourth-order valence-corrected chi connectivity index (χ4v) is 6.96. The molecule has 3 aliphatic carbocycles. The second-order valence-electron chi connectivity index (χ2n) is 8.11. The Bertz CT molecular complexity index is 983. The first kappa shape index (κ1) is 14.4. The molecule has 2 N–H and O–H groups in total. The van der Waals surface area contributed by atoms with E-state index in [-0.39, 0.29) is 16.5 Å². The van der Waals surface area contributed by atoms with Crippen LogP contribution in [0.3, 0.4) is 0 Å². The smallest absolute Gasteiger partial charge is 0.192 e. The van der Waals surface area contributed by atoms with Crippen LogP contribution in [0.4, 0.5) is 0 Å². The van der Waals surface area contributed by atoms with Gasteiger partial charge in [-0.05, 0) is 60.1 Å². The summed E-state index contributed by atoms with van der Waals surface area (Å²) in [6.07, 6.45) is 4.47. The maximum Gasteiger partial charge on any atom is 0.192 e. The van der Waals surface area contributed by atoms with Crippen molar-refractivity contribution in [1.82, 2.24) is 4.90 Å². The third kappa shape index (κ3) is 1.28. The van der Waals surface area contributed by atoms with E-state index in [1.807, 2.05) is 0 Å². The van der Waals surface area contributed by atoms with Crippen molar-refractivity contribution in [3.05, 3.63) is 69.2 Å². The molecular weight excluding hydrogens is 374 g/mol. The van der Waals surface area contributed by atoms with Gasteiger partial charge in [0.2, 0.25) is 0 Å². The van der Waals surface area contributed by atoms with Crippen molar-refractivity contribution in [2.24, 2.45) is 16.1 Å². The number of benzene rings is 2. The second kappa shape index (κ2) is 4.12. The zero-order valence-corrected chi connectivity index (χ0v) is 15.8. The Morgan fingerprint density at radius 3 is 2.72 bits per heavy atom. The molecule has 0 amide bonds. The molecule has 4 aliphatic rings.